The van der Waals surface area contributed by atoms with Gasteiger partial charge in [-0.05, 0) is 56.2 Å². The quantitative estimate of drug-likeness (QED) is 0.843. The first-order valence-corrected chi connectivity index (χ1v) is 8.89. The Morgan fingerprint density at radius 2 is 2.20 bits per heavy atom. The van der Waals surface area contributed by atoms with Gasteiger partial charge in [-0.2, -0.15) is 0 Å². The van der Waals surface area contributed by atoms with Crippen LogP contribution in [-0.4, -0.2) is 22.8 Å². The maximum Gasteiger partial charge on any atom is 0.0963 e. The van der Waals surface area contributed by atoms with Crippen molar-refractivity contribution in [1.29, 1.82) is 0 Å². The van der Waals surface area contributed by atoms with E-state index in [1.807, 2.05) is 24.0 Å². The number of nitrogens with zero attached hydrogens (tertiary/aromatic N) is 1. The van der Waals surface area contributed by atoms with Crippen LogP contribution < -0.4 is 5.32 Å². The van der Waals surface area contributed by atoms with Gasteiger partial charge in [-0.15, -0.1) is 11.8 Å². The van der Waals surface area contributed by atoms with Crippen molar-refractivity contribution in [3.63, 3.8) is 0 Å². The first-order valence-electron chi connectivity index (χ1n) is 8.01. The van der Waals surface area contributed by atoms with Crippen LogP contribution in [0.4, 0.5) is 0 Å². The smallest absolute Gasteiger partial charge is 0.0963 e. The summed E-state index contributed by atoms with van der Waals surface area (Å²) >= 11 is 1.97. The van der Waals surface area contributed by atoms with Crippen LogP contribution in [0, 0.1) is 11.8 Å². The molecule has 3 atom stereocenters. The van der Waals surface area contributed by atoms with E-state index >= 15 is 0 Å². The molecule has 3 heteroatoms. The zero-order chi connectivity index (χ0) is 14.4. The second-order valence-corrected chi connectivity index (χ2v) is 7.46. The minimum absolute atomic E-state index is 0.650. The van der Waals surface area contributed by atoms with Crippen molar-refractivity contribution in [3.05, 3.63) is 24.4 Å². The van der Waals surface area contributed by atoms with Crippen molar-refractivity contribution >= 4 is 11.8 Å². The predicted molar refractivity (Wildman–Crippen MR) is 88.1 cm³/mol. The lowest BCUT2D eigenvalue weighted by atomic mass is 9.79. The topological polar surface area (TPSA) is 24.9 Å². The van der Waals surface area contributed by atoms with Gasteiger partial charge in [0.05, 0.1) is 5.03 Å². The molecule has 1 aromatic heterocycles. The maximum absolute atomic E-state index is 4.49. The molecule has 0 bridgehead atoms. The van der Waals surface area contributed by atoms with E-state index in [-0.39, 0.29) is 0 Å². The molecule has 1 aromatic rings. The third kappa shape index (κ3) is 4.49. The number of rotatable bonds is 6. The molecule has 2 nitrogen and oxygen atoms in total. The fraction of sp³-hybridized carbons (Fsp3) is 0.706. The Labute approximate surface area is 128 Å². The van der Waals surface area contributed by atoms with Crippen LogP contribution in [0.15, 0.2) is 29.4 Å². The van der Waals surface area contributed by atoms with Crippen LogP contribution in [0.25, 0.3) is 0 Å². The van der Waals surface area contributed by atoms with E-state index in [0.717, 1.165) is 18.4 Å². The number of thioether (sulfide) groups is 1. The lowest BCUT2D eigenvalue weighted by Crippen LogP contribution is -2.43. The van der Waals surface area contributed by atoms with Gasteiger partial charge in [0.1, 0.15) is 0 Å². The molecule has 0 aromatic carbocycles. The summed E-state index contributed by atoms with van der Waals surface area (Å²) in [4.78, 5) is 4.49. The first-order chi connectivity index (χ1) is 9.70. The van der Waals surface area contributed by atoms with E-state index in [1.165, 1.54) is 30.7 Å². The molecular formula is C17H28N2S. The van der Waals surface area contributed by atoms with Gasteiger partial charge in [0, 0.05) is 17.5 Å². The summed E-state index contributed by atoms with van der Waals surface area (Å²) in [5, 5.41) is 5.59. The third-order valence-corrected chi connectivity index (χ3v) is 5.65. The van der Waals surface area contributed by atoms with Crippen molar-refractivity contribution in [2.24, 2.45) is 11.8 Å². The fourth-order valence-electron chi connectivity index (χ4n) is 3.03. The highest BCUT2D eigenvalue weighted by Gasteiger charge is 2.32. The molecule has 0 amide bonds. The van der Waals surface area contributed by atoms with Gasteiger partial charge < -0.3 is 5.32 Å². The summed E-state index contributed by atoms with van der Waals surface area (Å²) < 4.78 is 0. The predicted octanol–water partition coefficient (Wildman–Crippen LogP) is 4.37. The summed E-state index contributed by atoms with van der Waals surface area (Å²) in [6.07, 6.45) is 7.12. The Morgan fingerprint density at radius 1 is 1.35 bits per heavy atom. The van der Waals surface area contributed by atoms with E-state index in [4.69, 9.17) is 0 Å². The fourth-order valence-corrected chi connectivity index (χ4v) is 4.36. The van der Waals surface area contributed by atoms with Gasteiger partial charge >= 0.3 is 0 Å². The molecule has 1 heterocycles. The molecule has 0 radical (unpaired) electrons. The van der Waals surface area contributed by atoms with Crippen LogP contribution >= 0.6 is 11.8 Å². The number of hydrogen-bond acceptors (Lipinski definition) is 3. The maximum atomic E-state index is 4.49. The monoisotopic (exact) mass is 292 g/mol. The van der Waals surface area contributed by atoms with E-state index in [1.54, 1.807) is 0 Å². The molecule has 0 aliphatic heterocycles. The normalized spacial score (nSPS) is 26.9. The van der Waals surface area contributed by atoms with Crippen LogP contribution in [-0.2, 0) is 0 Å². The molecule has 1 fully saturated rings. The van der Waals surface area contributed by atoms with Crippen molar-refractivity contribution < 1.29 is 0 Å². The second kappa shape index (κ2) is 8.04. The molecule has 1 saturated carbocycles. The highest BCUT2D eigenvalue weighted by atomic mass is 32.2. The largest absolute Gasteiger partial charge is 0.313 e. The van der Waals surface area contributed by atoms with Crippen LogP contribution in [0.5, 0.6) is 0 Å². The van der Waals surface area contributed by atoms with Gasteiger partial charge in [0.2, 0.25) is 0 Å². The van der Waals surface area contributed by atoms with E-state index < -0.39 is 0 Å². The molecule has 1 aliphatic carbocycles. The molecule has 2 rings (SSSR count). The van der Waals surface area contributed by atoms with Crippen LogP contribution in [0.2, 0.25) is 0 Å². The number of aromatic nitrogens is 1. The summed E-state index contributed by atoms with van der Waals surface area (Å²) in [7, 11) is 0. The van der Waals surface area contributed by atoms with E-state index in [2.05, 4.69) is 43.2 Å². The average Bonchev–Trinajstić information content (AvgIpc) is 2.47. The molecule has 0 spiro atoms. The number of hydrogen-bond donors (Lipinski definition) is 1. The average molecular weight is 292 g/mol. The molecule has 0 saturated heterocycles. The first kappa shape index (κ1) is 15.8. The molecule has 20 heavy (non-hydrogen) atoms. The summed E-state index contributed by atoms with van der Waals surface area (Å²) in [5.74, 6) is 1.67. The Balaban J connectivity index is 2.01. The number of nitrogens with one attached hydrogen (secondary N) is 1. The Kier molecular flexibility index (Phi) is 6.37. The minimum Gasteiger partial charge on any atom is -0.313 e. The third-order valence-electron chi connectivity index (χ3n) is 4.34. The second-order valence-electron chi connectivity index (χ2n) is 6.20. The standard InChI is InChI=1S/C17H28N2S/c1-4-10-18-15-9-8-14(13(2)3)12-16(15)20-17-7-5-6-11-19-17/h5-7,11,13-16,18H,4,8-10,12H2,1-3H3. The van der Waals surface area contributed by atoms with Crippen molar-refractivity contribution in [2.45, 2.75) is 62.8 Å². The highest BCUT2D eigenvalue weighted by molar-refractivity contribution is 7.99. The zero-order valence-corrected chi connectivity index (χ0v) is 13.8. The summed E-state index contributed by atoms with van der Waals surface area (Å²) in [6.45, 7) is 8.11. The SMILES string of the molecule is CCCNC1CCC(C(C)C)CC1Sc1ccccn1. The molecule has 112 valence electrons. The summed E-state index contributed by atoms with van der Waals surface area (Å²) in [6, 6.07) is 6.87. The van der Waals surface area contributed by atoms with Gasteiger partial charge in [-0.3, -0.25) is 0 Å². The van der Waals surface area contributed by atoms with E-state index in [0.29, 0.717) is 11.3 Å². The molecule has 1 aliphatic rings. The molecule has 3 unspecified atom stereocenters. The van der Waals surface area contributed by atoms with Crippen LogP contribution in [0.3, 0.4) is 0 Å². The van der Waals surface area contributed by atoms with Crippen molar-refractivity contribution in [2.75, 3.05) is 6.54 Å². The van der Waals surface area contributed by atoms with Gasteiger partial charge in [0.15, 0.2) is 0 Å². The van der Waals surface area contributed by atoms with Crippen LogP contribution in [0.1, 0.15) is 46.5 Å². The Morgan fingerprint density at radius 3 is 2.85 bits per heavy atom. The Bertz CT molecular complexity index is 380. The van der Waals surface area contributed by atoms with Gasteiger partial charge in [-0.1, -0.05) is 26.8 Å². The number of pyridine rings is 1. The van der Waals surface area contributed by atoms with Gasteiger partial charge in [-0.25, -0.2) is 4.98 Å². The lowest BCUT2D eigenvalue weighted by molar-refractivity contribution is 0.246. The lowest BCUT2D eigenvalue weighted by Gasteiger charge is -2.38. The minimum atomic E-state index is 0.650. The van der Waals surface area contributed by atoms with Gasteiger partial charge in [0.25, 0.3) is 0 Å². The summed E-state index contributed by atoms with van der Waals surface area (Å²) in [5.41, 5.74) is 0. The molecule has 1 N–H and O–H groups in total. The molecular weight excluding hydrogens is 264 g/mol. The zero-order valence-electron chi connectivity index (χ0n) is 13.0. The Hall–Kier alpha value is -0.540. The highest BCUT2D eigenvalue weighted by Crippen LogP contribution is 2.38. The van der Waals surface area contributed by atoms with Crippen molar-refractivity contribution in [1.82, 2.24) is 10.3 Å². The van der Waals surface area contributed by atoms with Crippen molar-refractivity contribution in [3.8, 4) is 0 Å². The van der Waals surface area contributed by atoms with E-state index in [9.17, 15) is 0 Å².